The molecule has 17 heteroatoms. The number of carbonyl (C=O) groups is 1. The van der Waals surface area contributed by atoms with Crippen LogP contribution in [0.3, 0.4) is 0 Å². The van der Waals surface area contributed by atoms with Crippen LogP contribution in [-0.2, 0) is 9.53 Å². The summed E-state index contributed by atoms with van der Waals surface area (Å²) in [6.45, 7) is 0. The number of esters is 1. The van der Waals surface area contributed by atoms with Gasteiger partial charge in [-0.05, 0) is 12.8 Å². The minimum absolute atomic E-state index is 0.0208. The second kappa shape index (κ2) is 12.2. The van der Waals surface area contributed by atoms with E-state index in [1.807, 2.05) is 0 Å². The lowest BCUT2D eigenvalue weighted by atomic mass is 10.1. The first-order valence-electron chi connectivity index (χ1n) is 6.04. The molecule has 0 spiro atoms. The lowest BCUT2D eigenvalue weighted by molar-refractivity contribution is -0.145. The van der Waals surface area contributed by atoms with Crippen LogP contribution < -0.4 is 0 Å². The Hall–Kier alpha value is -1.18. The standard InChI is InChI=1S/C7H12O2.3BF4/c1-9-7(8)6-4-2-3-5-6;3*2-1(3,4)5/h6H,2-5H2,1H3;;;/q;3*-1. The summed E-state index contributed by atoms with van der Waals surface area (Å²) in [5.74, 6) is 0.197. The van der Waals surface area contributed by atoms with Crippen molar-refractivity contribution in [3.8, 4) is 0 Å². The van der Waals surface area contributed by atoms with Gasteiger partial charge in [-0.25, -0.2) is 0 Å². The third-order valence-corrected chi connectivity index (χ3v) is 1.89. The van der Waals surface area contributed by atoms with Crippen molar-refractivity contribution >= 4 is 27.7 Å². The number of halogens is 12. The Labute approximate surface area is 129 Å². The SMILES string of the molecule is COC(=O)C1CCCC1.F[B-](F)(F)F.F[B-](F)(F)F.F[B-](F)(F)F. The molecule has 0 bridgehead atoms. The number of rotatable bonds is 1. The van der Waals surface area contributed by atoms with Gasteiger partial charge in [0.15, 0.2) is 0 Å². The van der Waals surface area contributed by atoms with Gasteiger partial charge >= 0.3 is 27.7 Å². The van der Waals surface area contributed by atoms with Gasteiger partial charge in [-0.2, -0.15) is 0 Å². The monoisotopic (exact) mass is 389 g/mol. The third kappa shape index (κ3) is 58.5. The van der Waals surface area contributed by atoms with Gasteiger partial charge in [0.2, 0.25) is 0 Å². The van der Waals surface area contributed by atoms with E-state index in [9.17, 15) is 56.6 Å². The summed E-state index contributed by atoms with van der Waals surface area (Å²) in [5, 5.41) is 0. The molecule has 1 aliphatic carbocycles. The van der Waals surface area contributed by atoms with E-state index in [2.05, 4.69) is 4.74 Å². The molecule has 1 aliphatic rings. The van der Waals surface area contributed by atoms with Gasteiger partial charge in [-0.3, -0.25) is 4.79 Å². The van der Waals surface area contributed by atoms with Crippen LogP contribution >= 0.6 is 0 Å². The topological polar surface area (TPSA) is 26.3 Å². The van der Waals surface area contributed by atoms with Crippen molar-refractivity contribution in [3.63, 3.8) is 0 Å². The molecule has 2 nitrogen and oxygen atoms in total. The van der Waals surface area contributed by atoms with Crippen molar-refractivity contribution in [1.82, 2.24) is 0 Å². The molecular weight excluding hydrogens is 376 g/mol. The Morgan fingerprint density at radius 3 is 1.08 bits per heavy atom. The highest BCUT2D eigenvalue weighted by Gasteiger charge is 2.23. The predicted octanol–water partition coefficient (Wildman–Crippen LogP) is 5.25. The van der Waals surface area contributed by atoms with Crippen molar-refractivity contribution in [1.29, 1.82) is 0 Å². The molecule has 0 aromatic carbocycles. The summed E-state index contributed by atoms with van der Waals surface area (Å²) >= 11 is 0. The quantitative estimate of drug-likeness (QED) is 0.348. The molecule has 0 saturated heterocycles. The fourth-order valence-corrected chi connectivity index (χ4v) is 1.33. The van der Waals surface area contributed by atoms with Crippen LogP contribution in [0.4, 0.5) is 51.8 Å². The minimum atomic E-state index is -6.00. The second-order valence-corrected chi connectivity index (χ2v) is 3.99. The maximum Gasteiger partial charge on any atom is 0.673 e. The zero-order chi connectivity index (χ0) is 20.2. The van der Waals surface area contributed by atoms with E-state index in [1.54, 1.807) is 0 Å². The van der Waals surface area contributed by atoms with E-state index in [0.717, 1.165) is 12.8 Å². The highest BCUT2D eigenvalue weighted by molar-refractivity contribution is 6.50. The third-order valence-electron chi connectivity index (χ3n) is 1.89. The second-order valence-electron chi connectivity index (χ2n) is 3.99. The van der Waals surface area contributed by atoms with E-state index < -0.39 is 21.8 Å². The molecule has 0 amide bonds. The normalized spacial score (nSPS) is 15.0. The number of methoxy groups -OCH3 is 1. The molecule has 1 saturated carbocycles. The van der Waals surface area contributed by atoms with E-state index in [4.69, 9.17) is 0 Å². The lowest BCUT2D eigenvalue weighted by Gasteiger charge is -2.03. The van der Waals surface area contributed by atoms with Gasteiger partial charge in [0.25, 0.3) is 0 Å². The molecule has 1 fully saturated rings. The van der Waals surface area contributed by atoms with Crippen molar-refractivity contribution in [2.24, 2.45) is 5.92 Å². The summed E-state index contributed by atoms with van der Waals surface area (Å²) in [5.41, 5.74) is 0. The number of ether oxygens (including phenoxy) is 1. The van der Waals surface area contributed by atoms with Crippen molar-refractivity contribution < 1.29 is 61.3 Å². The maximum absolute atomic E-state index is 10.8. The largest absolute Gasteiger partial charge is 0.673 e. The molecule has 0 aliphatic heterocycles. The molecule has 0 aromatic rings. The van der Waals surface area contributed by atoms with Crippen molar-refractivity contribution in [2.45, 2.75) is 25.7 Å². The number of hydrogen-bond acceptors (Lipinski definition) is 2. The highest BCUT2D eigenvalue weighted by Crippen LogP contribution is 2.25. The zero-order valence-corrected chi connectivity index (χ0v) is 12.0. The average molecular weight is 389 g/mol. The smallest absolute Gasteiger partial charge is 0.469 e. The van der Waals surface area contributed by atoms with Crippen molar-refractivity contribution in [2.75, 3.05) is 7.11 Å². The van der Waals surface area contributed by atoms with Gasteiger partial charge in [0.1, 0.15) is 0 Å². The fraction of sp³-hybridized carbons (Fsp3) is 0.857. The molecule has 0 aromatic heterocycles. The van der Waals surface area contributed by atoms with Crippen LogP contribution in [0.1, 0.15) is 25.7 Å². The van der Waals surface area contributed by atoms with Crippen LogP contribution in [0.5, 0.6) is 0 Å². The first kappa shape index (κ1) is 27.7. The van der Waals surface area contributed by atoms with Crippen LogP contribution in [0, 0.1) is 5.92 Å². The summed E-state index contributed by atoms with van der Waals surface area (Å²) < 4.78 is 122. The molecule has 1 rings (SSSR count). The Bertz CT molecular complexity index is 276. The van der Waals surface area contributed by atoms with Gasteiger partial charge in [0, 0.05) is 0 Å². The zero-order valence-electron chi connectivity index (χ0n) is 12.0. The van der Waals surface area contributed by atoms with Gasteiger partial charge < -0.3 is 56.5 Å². The summed E-state index contributed by atoms with van der Waals surface area (Å²) in [4.78, 5) is 10.8. The first-order valence-corrected chi connectivity index (χ1v) is 6.04. The predicted molar refractivity (Wildman–Crippen MR) is 64.5 cm³/mol. The van der Waals surface area contributed by atoms with Crippen molar-refractivity contribution in [3.05, 3.63) is 0 Å². The van der Waals surface area contributed by atoms with Gasteiger partial charge in [-0.1, -0.05) is 12.8 Å². The van der Waals surface area contributed by atoms with Crippen LogP contribution in [0.25, 0.3) is 0 Å². The minimum Gasteiger partial charge on any atom is -0.469 e. The average Bonchev–Trinajstić information content (AvgIpc) is 2.73. The van der Waals surface area contributed by atoms with Gasteiger partial charge in [-0.15, -0.1) is 0 Å². The van der Waals surface area contributed by atoms with Crippen LogP contribution in [0.2, 0.25) is 0 Å². The molecule has 24 heavy (non-hydrogen) atoms. The Balaban J connectivity index is -0.000000259. The number of carbonyl (C=O) groups excluding carboxylic acids is 1. The molecule has 0 atom stereocenters. The highest BCUT2D eigenvalue weighted by atomic mass is 19.5. The van der Waals surface area contributed by atoms with E-state index >= 15 is 0 Å². The summed E-state index contributed by atoms with van der Waals surface area (Å²) in [6, 6.07) is 0. The molecule has 0 N–H and O–H groups in total. The summed E-state index contributed by atoms with van der Waals surface area (Å²) in [7, 11) is -16.5. The molecule has 0 heterocycles. The van der Waals surface area contributed by atoms with E-state index in [0.29, 0.717) is 0 Å². The van der Waals surface area contributed by atoms with E-state index in [1.165, 1.54) is 20.0 Å². The molecule has 148 valence electrons. The Kier molecular flexibility index (Phi) is 14.1. The molecule has 0 radical (unpaired) electrons. The fourth-order valence-electron chi connectivity index (χ4n) is 1.33. The molecule has 0 unspecified atom stereocenters. The molecular formula is C7H12B3F12O2-3. The van der Waals surface area contributed by atoms with Crippen LogP contribution in [-0.4, -0.2) is 34.8 Å². The summed E-state index contributed by atoms with van der Waals surface area (Å²) in [6.07, 6.45) is 4.46. The van der Waals surface area contributed by atoms with E-state index in [-0.39, 0.29) is 11.9 Å². The number of hydrogen-bond donors (Lipinski definition) is 0. The lowest BCUT2D eigenvalue weighted by Crippen LogP contribution is -2.11. The maximum atomic E-state index is 10.8. The Morgan fingerprint density at radius 1 is 0.708 bits per heavy atom. The van der Waals surface area contributed by atoms with Crippen LogP contribution in [0.15, 0.2) is 0 Å². The first-order chi connectivity index (χ1) is 10.3. The van der Waals surface area contributed by atoms with Gasteiger partial charge in [0.05, 0.1) is 13.0 Å². The Morgan fingerprint density at radius 2 is 0.917 bits per heavy atom.